The minimum absolute atomic E-state index is 0.0780. The Morgan fingerprint density at radius 1 is 1.12 bits per heavy atom. The number of ether oxygens (including phenoxy) is 1. The Labute approximate surface area is 143 Å². The highest BCUT2D eigenvalue weighted by Crippen LogP contribution is 2.22. The lowest BCUT2D eigenvalue weighted by Crippen LogP contribution is -2.06. The molecule has 2 aromatic carbocycles. The molecule has 0 aliphatic heterocycles. The van der Waals surface area contributed by atoms with Gasteiger partial charge < -0.3 is 4.74 Å². The molecule has 0 spiro atoms. The summed E-state index contributed by atoms with van der Waals surface area (Å²) in [4.78, 5) is 11.6. The molecule has 123 valence electrons. The zero-order valence-corrected chi connectivity index (χ0v) is 14.6. The van der Waals surface area contributed by atoms with Gasteiger partial charge in [-0.1, -0.05) is 30.0 Å². The van der Waals surface area contributed by atoms with E-state index in [1.54, 1.807) is 19.2 Å². The molecule has 1 N–H and O–H groups in total. The molecule has 0 aliphatic carbocycles. The lowest BCUT2D eigenvalue weighted by atomic mass is 9.94. The molecule has 2 aromatic rings. The van der Waals surface area contributed by atoms with Crippen LogP contribution < -0.4 is 10.5 Å². The van der Waals surface area contributed by atoms with Crippen LogP contribution in [0.2, 0.25) is 0 Å². The number of carbonyl (C=O) groups excluding carboxylic acids is 1. The number of rotatable bonds is 4. The number of benzene rings is 2. The van der Waals surface area contributed by atoms with E-state index < -0.39 is 5.91 Å². The van der Waals surface area contributed by atoms with Gasteiger partial charge in [0.25, 0.3) is 5.91 Å². The van der Waals surface area contributed by atoms with Crippen LogP contribution in [0.4, 0.5) is 0 Å². The van der Waals surface area contributed by atoms with Crippen LogP contribution in [0.1, 0.15) is 47.8 Å². The van der Waals surface area contributed by atoms with Crippen LogP contribution >= 0.6 is 0 Å². The smallest absolute Gasteiger partial charge is 0.269 e. The number of amides is 1. The molecule has 0 heterocycles. The van der Waals surface area contributed by atoms with Crippen LogP contribution in [0.3, 0.4) is 0 Å². The Bertz CT molecular complexity index is 805. The SMILES string of the molecule is COc1ccc(C([NH])=O)c(Cc2ccccc2C#CC(C)(C)C)c1. The Morgan fingerprint density at radius 3 is 2.46 bits per heavy atom. The fourth-order valence-electron chi connectivity index (χ4n) is 2.32. The van der Waals surface area contributed by atoms with Crippen molar-refractivity contribution in [2.75, 3.05) is 7.11 Å². The van der Waals surface area contributed by atoms with Crippen molar-refractivity contribution in [1.29, 1.82) is 0 Å². The van der Waals surface area contributed by atoms with Crippen LogP contribution in [0, 0.1) is 17.3 Å². The van der Waals surface area contributed by atoms with Gasteiger partial charge >= 0.3 is 0 Å². The predicted molar refractivity (Wildman–Crippen MR) is 96.0 cm³/mol. The molecule has 0 saturated carbocycles. The van der Waals surface area contributed by atoms with E-state index >= 15 is 0 Å². The average molecular weight is 320 g/mol. The van der Waals surface area contributed by atoms with Gasteiger partial charge in [0.1, 0.15) is 5.75 Å². The maximum atomic E-state index is 11.6. The van der Waals surface area contributed by atoms with Gasteiger partial charge in [0.2, 0.25) is 0 Å². The third kappa shape index (κ3) is 4.63. The summed E-state index contributed by atoms with van der Waals surface area (Å²) < 4.78 is 5.25. The molecule has 0 atom stereocenters. The predicted octanol–water partition coefficient (Wildman–Crippen LogP) is 4.11. The zero-order chi connectivity index (χ0) is 17.7. The summed E-state index contributed by atoms with van der Waals surface area (Å²) >= 11 is 0. The molecule has 0 aromatic heterocycles. The highest BCUT2D eigenvalue weighted by molar-refractivity contribution is 5.94. The van der Waals surface area contributed by atoms with E-state index in [9.17, 15) is 4.79 Å². The van der Waals surface area contributed by atoms with E-state index in [0.29, 0.717) is 17.7 Å². The van der Waals surface area contributed by atoms with Crippen molar-refractivity contribution in [3.63, 3.8) is 0 Å². The van der Waals surface area contributed by atoms with Gasteiger partial charge in [-0.25, -0.2) is 0 Å². The zero-order valence-electron chi connectivity index (χ0n) is 14.6. The molecular formula is C21H22NO2. The van der Waals surface area contributed by atoms with Gasteiger partial charge in [-0.15, -0.1) is 0 Å². The van der Waals surface area contributed by atoms with E-state index in [-0.39, 0.29) is 5.41 Å². The summed E-state index contributed by atoms with van der Waals surface area (Å²) in [7, 11) is 1.59. The second-order valence-corrected chi connectivity index (χ2v) is 6.69. The summed E-state index contributed by atoms with van der Waals surface area (Å²) in [6.45, 7) is 6.21. The third-order valence-corrected chi connectivity index (χ3v) is 3.53. The van der Waals surface area contributed by atoms with Gasteiger partial charge in [0, 0.05) is 16.5 Å². The molecule has 3 nitrogen and oxygen atoms in total. The molecule has 2 rings (SSSR count). The van der Waals surface area contributed by atoms with Crippen molar-refractivity contribution in [2.45, 2.75) is 27.2 Å². The summed E-state index contributed by atoms with van der Waals surface area (Å²) in [5.74, 6) is 6.47. The first kappa shape index (κ1) is 17.6. The van der Waals surface area contributed by atoms with Crippen LogP contribution in [-0.4, -0.2) is 13.0 Å². The quantitative estimate of drug-likeness (QED) is 0.796. The second kappa shape index (κ2) is 7.23. The number of methoxy groups -OCH3 is 1. The van der Waals surface area contributed by atoms with Gasteiger partial charge in [-0.2, -0.15) is 0 Å². The minimum Gasteiger partial charge on any atom is -0.497 e. The minimum atomic E-state index is -0.689. The number of hydrogen-bond acceptors (Lipinski definition) is 2. The summed E-state index contributed by atoms with van der Waals surface area (Å²) in [5.41, 5.74) is 10.5. The van der Waals surface area contributed by atoms with Gasteiger partial charge in [-0.3, -0.25) is 10.5 Å². The largest absolute Gasteiger partial charge is 0.497 e. The first-order valence-corrected chi connectivity index (χ1v) is 7.84. The van der Waals surface area contributed by atoms with Crippen LogP contribution in [0.25, 0.3) is 0 Å². The van der Waals surface area contributed by atoms with E-state index in [4.69, 9.17) is 10.5 Å². The van der Waals surface area contributed by atoms with Crippen LogP contribution in [0.5, 0.6) is 5.75 Å². The molecule has 1 amide bonds. The molecular weight excluding hydrogens is 298 g/mol. The van der Waals surface area contributed by atoms with Crippen LogP contribution in [0.15, 0.2) is 42.5 Å². The van der Waals surface area contributed by atoms with Gasteiger partial charge in [0.05, 0.1) is 7.11 Å². The van der Waals surface area contributed by atoms with E-state index in [0.717, 1.165) is 16.7 Å². The Morgan fingerprint density at radius 2 is 1.83 bits per heavy atom. The molecule has 0 bridgehead atoms. The van der Waals surface area contributed by atoms with Crippen molar-refractivity contribution in [1.82, 2.24) is 5.73 Å². The van der Waals surface area contributed by atoms with Crippen molar-refractivity contribution in [3.05, 3.63) is 64.7 Å². The standard InChI is InChI=1S/C21H22NO2/c1-21(2,3)12-11-15-7-5-6-8-16(15)13-17-14-18(24-4)9-10-19(17)20(22)23/h5-10,14,22H,13H2,1-4H3. The van der Waals surface area contributed by atoms with Crippen molar-refractivity contribution >= 4 is 5.91 Å². The Balaban J connectivity index is 2.45. The number of carbonyl (C=O) groups is 1. The normalized spacial score (nSPS) is 10.7. The molecule has 24 heavy (non-hydrogen) atoms. The maximum absolute atomic E-state index is 11.6. The number of hydrogen-bond donors (Lipinski definition) is 0. The Kier molecular flexibility index (Phi) is 5.31. The molecule has 3 heteroatoms. The highest BCUT2D eigenvalue weighted by Gasteiger charge is 2.12. The molecule has 0 fully saturated rings. The lowest BCUT2D eigenvalue weighted by molar-refractivity contribution is 0.0991. The van der Waals surface area contributed by atoms with Crippen molar-refractivity contribution in [2.24, 2.45) is 5.41 Å². The molecule has 0 aliphatic rings. The van der Waals surface area contributed by atoms with E-state index in [1.807, 2.05) is 30.3 Å². The van der Waals surface area contributed by atoms with Crippen molar-refractivity contribution in [3.8, 4) is 17.6 Å². The molecule has 1 radical (unpaired) electrons. The first-order chi connectivity index (χ1) is 11.3. The fraction of sp³-hybridized carbons (Fsp3) is 0.286. The fourth-order valence-corrected chi connectivity index (χ4v) is 2.32. The summed E-state index contributed by atoms with van der Waals surface area (Å²) in [6, 6.07) is 13.1. The molecule has 0 saturated heterocycles. The van der Waals surface area contributed by atoms with Crippen LogP contribution in [-0.2, 0) is 6.42 Å². The monoisotopic (exact) mass is 320 g/mol. The maximum Gasteiger partial charge on any atom is 0.269 e. The average Bonchev–Trinajstić information content (AvgIpc) is 2.53. The Hall–Kier alpha value is -2.73. The molecule has 0 unspecified atom stereocenters. The topological polar surface area (TPSA) is 50.1 Å². The summed E-state index contributed by atoms with van der Waals surface area (Å²) in [5, 5.41) is 0. The van der Waals surface area contributed by atoms with E-state index in [2.05, 4.69) is 32.6 Å². The summed E-state index contributed by atoms with van der Waals surface area (Å²) in [6.07, 6.45) is 0.534. The lowest BCUT2D eigenvalue weighted by Gasteiger charge is -2.11. The third-order valence-electron chi connectivity index (χ3n) is 3.53. The number of nitrogens with one attached hydrogen (secondary N) is 1. The first-order valence-electron chi connectivity index (χ1n) is 7.84. The van der Waals surface area contributed by atoms with Gasteiger partial charge in [-0.05, 0) is 62.6 Å². The second-order valence-electron chi connectivity index (χ2n) is 6.69. The van der Waals surface area contributed by atoms with Crippen molar-refractivity contribution < 1.29 is 9.53 Å². The van der Waals surface area contributed by atoms with Gasteiger partial charge in [0.15, 0.2) is 0 Å². The van der Waals surface area contributed by atoms with E-state index in [1.165, 1.54) is 0 Å². The highest BCUT2D eigenvalue weighted by atomic mass is 16.5.